The predicted molar refractivity (Wildman–Crippen MR) is 214 cm³/mol. The van der Waals surface area contributed by atoms with Crippen LogP contribution in [0.15, 0.2) is 24.3 Å². The number of rotatable bonds is 17. The summed E-state index contributed by atoms with van der Waals surface area (Å²) in [5.74, 6) is -2.57. The van der Waals surface area contributed by atoms with Gasteiger partial charge in [0.2, 0.25) is 27.6 Å². The Balaban J connectivity index is 1.25. The molecule has 1 heterocycles. The second-order valence-corrected chi connectivity index (χ2v) is 20.5. The highest BCUT2D eigenvalue weighted by Gasteiger charge is 2.70. The molecular formula is C42H64N6O7S. The third kappa shape index (κ3) is 8.95. The van der Waals surface area contributed by atoms with E-state index in [9.17, 15) is 27.6 Å². The van der Waals surface area contributed by atoms with Gasteiger partial charge in [-0.25, -0.2) is 17.5 Å². The summed E-state index contributed by atoms with van der Waals surface area (Å²) in [5, 5.41) is 11.9. The first-order valence-electron chi connectivity index (χ1n) is 21.0. The quantitative estimate of drug-likeness (QED) is 0.174. The summed E-state index contributed by atoms with van der Waals surface area (Å²) in [4.78, 5) is 71.5. The number of fused-ring (bicyclic) bond motifs is 2. The minimum atomic E-state index is -3.52. The molecule has 5 aliphatic rings. The SMILES string of the molecule is CCCCC(NC(=O)[C@@H]1[C@@H]2[C@H](CN1C(=O)[C@@H](NC(=O)N[C@H](CN(C)S(=O)(=O)CC)C1(C)CCCCC1)C1Cc3ccccc3C1)C2(C)C)C(=O)C(=O)NC1CC1. The zero-order valence-corrected chi connectivity index (χ0v) is 35.0. The molecule has 310 valence electrons. The average molecular weight is 797 g/mol. The van der Waals surface area contributed by atoms with Crippen molar-refractivity contribution in [3.05, 3.63) is 35.4 Å². The molecule has 0 bridgehead atoms. The average Bonchev–Trinajstić information content (AvgIpc) is 3.92. The van der Waals surface area contributed by atoms with Crippen molar-refractivity contribution in [3.63, 3.8) is 0 Å². The van der Waals surface area contributed by atoms with Crippen LogP contribution in [-0.2, 0) is 42.0 Å². The maximum atomic E-state index is 15.0. The van der Waals surface area contributed by atoms with Crippen molar-refractivity contribution in [2.24, 2.45) is 28.6 Å². The molecule has 4 fully saturated rings. The molecule has 3 saturated carbocycles. The number of nitrogens with one attached hydrogen (secondary N) is 4. The third-order valence-electron chi connectivity index (χ3n) is 13.9. The highest BCUT2D eigenvalue weighted by atomic mass is 32.2. The van der Waals surface area contributed by atoms with E-state index in [0.29, 0.717) is 32.2 Å². The van der Waals surface area contributed by atoms with Crippen molar-refractivity contribution in [2.75, 3.05) is 25.9 Å². The molecule has 4 aliphatic carbocycles. The summed E-state index contributed by atoms with van der Waals surface area (Å²) >= 11 is 0. The van der Waals surface area contributed by atoms with Crippen LogP contribution in [0.5, 0.6) is 0 Å². The lowest BCUT2D eigenvalue weighted by molar-refractivity contribution is -0.144. The normalized spacial score (nSPS) is 25.3. The van der Waals surface area contributed by atoms with E-state index in [1.165, 1.54) is 4.31 Å². The number of piperidine rings is 1. The lowest BCUT2D eigenvalue weighted by Crippen LogP contribution is -2.62. The first-order valence-corrected chi connectivity index (χ1v) is 22.6. The van der Waals surface area contributed by atoms with E-state index in [1.807, 2.05) is 31.2 Å². The Morgan fingerprint density at radius 2 is 1.57 bits per heavy atom. The Bertz CT molecular complexity index is 1750. The number of Topliss-reactive ketones (excluding diaryl/α,β-unsaturated/α-hetero) is 1. The minimum Gasteiger partial charge on any atom is -0.347 e. The van der Waals surface area contributed by atoms with Gasteiger partial charge < -0.3 is 26.2 Å². The second-order valence-electron chi connectivity index (χ2n) is 18.2. The van der Waals surface area contributed by atoms with Gasteiger partial charge in [-0.1, -0.05) is 84.1 Å². The van der Waals surface area contributed by atoms with Crippen molar-refractivity contribution in [2.45, 2.75) is 142 Å². The monoisotopic (exact) mass is 796 g/mol. The summed E-state index contributed by atoms with van der Waals surface area (Å²) in [5.41, 5.74) is 1.67. The molecule has 4 N–H and O–H groups in total. The second kappa shape index (κ2) is 16.8. The fourth-order valence-corrected chi connectivity index (χ4v) is 10.7. The molecule has 0 spiro atoms. The molecule has 0 aromatic heterocycles. The van der Waals surface area contributed by atoms with E-state index in [2.05, 4.69) is 42.0 Å². The van der Waals surface area contributed by atoms with Gasteiger partial charge in [-0.3, -0.25) is 19.2 Å². The van der Waals surface area contributed by atoms with Crippen LogP contribution in [0.4, 0.5) is 4.79 Å². The molecule has 13 nitrogen and oxygen atoms in total. The summed E-state index contributed by atoms with van der Waals surface area (Å²) in [6.45, 7) is 10.3. The van der Waals surface area contributed by atoms with Crippen molar-refractivity contribution >= 4 is 39.6 Å². The molecule has 6 rings (SSSR count). The van der Waals surface area contributed by atoms with Gasteiger partial charge in [-0.05, 0) is 91.6 Å². The number of hydrogen-bond acceptors (Lipinski definition) is 7. The van der Waals surface area contributed by atoms with Crippen LogP contribution in [-0.4, -0.2) is 103 Å². The molecule has 1 unspecified atom stereocenters. The van der Waals surface area contributed by atoms with E-state index >= 15 is 4.79 Å². The van der Waals surface area contributed by atoms with E-state index in [1.54, 1.807) is 18.9 Å². The Kier molecular flexibility index (Phi) is 12.6. The van der Waals surface area contributed by atoms with E-state index in [0.717, 1.165) is 62.5 Å². The molecule has 56 heavy (non-hydrogen) atoms. The first-order chi connectivity index (χ1) is 26.5. The number of likely N-dealkylation sites (N-methyl/N-ethyl adjacent to an activating group) is 1. The van der Waals surface area contributed by atoms with Gasteiger partial charge in [0.15, 0.2) is 0 Å². The van der Waals surface area contributed by atoms with Gasteiger partial charge in [0.25, 0.3) is 5.91 Å². The molecular weight excluding hydrogens is 733 g/mol. The van der Waals surface area contributed by atoms with Crippen LogP contribution in [0.3, 0.4) is 0 Å². The van der Waals surface area contributed by atoms with E-state index in [-0.39, 0.29) is 52.8 Å². The van der Waals surface area contributed by atoms with Crippen molar-refractivity contribution in [1.29, 1.82) is 0 Å². The molecule has 6 atom stereocenters. The Morgan fingerprint density at radius 3 is 2.16 bits per heavy atom. The summed E-state index contributed by atoms with van der Waals surface area (Å²) in [6.07, 6.45) is 9.26. The number of unbranched alkanes of at least 4 members (excludes halogenated alkanes) is 1. The number of likely N-dealkylation sites (tertiary alicyclic amines) is 1. The fourth-order valence-electron chi connectivity index (χ4n) is 9.86. The standard InChI is InChI=1S/C42H64N6O7S/c1-7-9-17-31(36(49)38(51)43-29-18-19-29)44-37(50)35-33-30(41(33,3)4)24-48(35)39(52)34(28-22-26-15-11-12-16-27(26)23-28)46-40(53)45-32(25-47(6)56(54,55)8-2)42(5)20-13-10-14-21-42/h11-12,15-16,28-35H,7-10,13-14,17-25H2,1-6H3,(H,43,51)(H,44,50)(H2,45,46,53)/t30-,31?,32+,33-,34-,35-/m0/s1. The van der Waals surface area contributed by atoms with Crippen LogP contribution in [0, 0.1) is 28.6 Å². The fraction of sp³-hybridized carbons (Fsp3) is 0.738. The predicted octanol–water partition coefficient (Wildman–Crippen LogP) is 3.70. The number of carbonyl (C=O) groups is 5. The Labute approximate surface area is 333 Å². The van der Waals surface area contributed by atoms with Gasteiger partial charge in [0.1, 0.15) is 12.1 Å². The number of sulfonamides is 1. The lowest BCUT2D eigenvalue weighted by atomic mass is 9.70. The maximum Gasteiger partial charge on any atom is 0.315 e. The zero-order chi connectivity index (χ0) is 40.6. The van der Waals surface area contributed by atoms with Gasteiger partial charge in [-0.15, -0.1) is 0 Å². The minimum absolute atomic E-state index is 0.000560. The maximum absolute atomic E-state index is 15.0. The number of urea groups is 1. The number of hydrogen-bond donors (Lipinski definition) is 4. The van der Waals surface area contributed by atoms with Crippen LogP contribution < -0.4 is 21.3 Å². The van der Waals surface area contributed by atoms with Gasteiger partial charge in [0, 0.05) is 32.2 Å². The number of carbonyl (C=O) groups excluding carboxylic acids is 5. The van der Waals surface area contributed by atoms with Crippen molar-refractivity contribution in [3.8, 4) is 0 Å². The van der Waals surface area contributed by atoms with Crippen LogP contribution >= 0.6 is 0 Å². The zero-order valence-electron chi connectivity index (χ0n) is 34.2. The molecule has 1 aliphatic heterocycles. The van der Waals surface area contributed by atoms with Gasteiger partial charge in [-0.2, -0.15) is 0 Å². The van der Waals surface area contributed by atoms with Crippen LogP contribution in [0.25, 0.3) is 0 Å². The number of benzene rings is 1. The summed E-state index contributed by atoms with van der Waals surface area (Å²) in [7, 11) is -1.97. The molecule has 5 amide bonds. The molecule has 0 radical (unpaired) electrons. The van der Waals surface area contributed by atoms with Crippen LogP contribution in [0.1, 0.15) is 110 Å². The first kappa shape index (κ1) is 42.1. The van der Waals surface area contributed by atoms with E-state index in [4.69, 9.17) is 0 Å². The number of nitrogens with zero attached hydrogens (tertiary/aromatic N) is 2. The highest BCUT2D eigenvalue weighted by Crippen LogP contribution is 2.65. The Morgan fingerprint density at radius 1 is 0.929 bits per heavy atom. The smallest absolute Gasteiger partial charge is 0.315 e. The van der Waals surface area contributed by atoms with Crippen molar-refractivity contribution < 1.29 is 32.4 Å². The highest BCUT2D eigenvalue weighted by molar-refractivity contribution is 7.89. The van der Waals surface area contributed by atoms with E-state index < -0.39 is 57.8 Å². The molecule has 1 aromatic rings. The number of ketones is 1. The summed E-state index contributed by atoms with van der Waals surface area (Å²) in [6, 6.07) is 4.11. The molecule has 1 aromatic carbocycles. The Hall–Kier alpha value is -3.52. The molecule has 14 heteroatoms. The van der Waals surface area contributed by atoms with Crippen molar-refractivity contribution in [1.82, 2.24) is 30.5 Å². The topological polar surface area (TPSA) is 174 Å². The third-order valence-corrected chi connectivity index (χ3v) is 15.7. The largest absolute Gasteiger partial charge is 0.347 e. The summed E-state index contributed by atoms with van der Waals surface area (Å²) < 4.78 is 27.1. The van der Waals surface area contributed by atoms with Crippen LogP contribution in [0.2, 0.25) is 0 Å². The molecule has 1 saturated heterocycles. The van der Waals surface area contributed by atoms with Gasteiger partial charge >= 0.3 is 6.03 Å². The lowest BCUT2D eigenvalue weighted by Gasteiger charge is -2.42. The van der Waals surface area contributed by atoms with Gasteiger partial charge in [0.05, 0.1) is 11.8 Å². The number of amides is 5.